The monoisotopic (exact) mass is 327 g/mol. The lowest BCUT2D eigenvalue weighted by Gasteiger charge is -2.30. The maximum absolute atomic E-state index is 12.1. The highest BCUT2D eigenvalue weighted by Crippen LogP contribution is 2.20. The smallest absolute Gasteiger partial charge is 0.310 e. The Morgan fingerprint density at radius 1 is 1.25 bits per heavy atom. The third kappa shape index (κ3) is 5.37. The van der Waals surface area contributed by atoms with Gasteiger partial charge < -0.3 is 4.74 Å². The standard InChI is InChI=1S/C11H21NO6S2/c1-3-18-11(13)10-5-4-6-12(9-10)20(16,17)8-7-19(2,14)15/h10H,3-9H2,1-2H3/t10-/m1/s1. The Kier molecular flexibility index (Phi) is 5.96. The van der Waals surface area contributed by atoms with E-state index < -0.39 is 43.3 Å². The maximum Gasteiger partial charge on any atom is 0.310 e. The normalized spacial score (nSPS) is 21.6. The van der Waals surface area contributed by atoms with Crippen LogP contribution in [0, 0.1) is 5.92 Å². The van der Waals surface area contributed by atoms with Gasteiger partial charge in [-0.05, 0) is 19.8 Å². The second-order valence-electron chi connectivity index (χ2n) is 4.90. The number of sulfone groups is 1. The van der Waals surface area contributed by atoms with E-state index in [2.05, 4.69) is 0 Å². The summed E-state index contributed by atoms with van der Waals surface area (Å²) in [6.45, 7) is 2.35. The molecule has 1 aliphatic heterocycles. The Balaban J connectivity index is 2.68. The Labute approximate surface area is 120 Å². The number of nitrogens with zero attached hydrogens (tertiary/aromatic N) is 1. The number of sulfonamides is 1. The Bertz CT molecular complexity index is 539. The molecule has 0 aromatic carbocycles. The molecule has 1 aliphatic rings. The quantitative estimate of drug-likeness (QED) is 0.618. The van der Waals surface area contributed by atoms with E-state index in [1.165, 1.54) is 4.31 Å². The molecule has 0 spiro atoms. The SMILES string of the molecule is CCOC(=O)[C@@H]1CCCN(S(=O)(=O)CCS(C)(=O)=O)C1. The second-order valence-corrected chi connectivity index (χ2v) is 9.24. The van der Waals surface area contributed by atoms with E-state index in [9.17, 15) is 21.6 Å². The molecular formula is C11H21NO6S2. The summed E-state index contributed by atoms with van der Waals surface area (Å²) in [6, 6.07) is 0. The molecule has 9 heteroatoms. The van der Waals surface area contributed by atoms with Gasteiger partial charge >= 0.3 is 5.97 Å². The van der Waals surface area contributed by atoms with Crippen molar-refractivity contribution in [3.05, 3.63) is 0 Å². The summed E-state index contributed by atoms with van der Waals surface area (Å²) in [4.78, 5) is 11.6. The van der Waals surface area contributed by atoms with Crippen LogP contribution in [-0.4, -0.2) is 64.6 Å². The van der Waals surface area contributed by atoms with Crippen LogP contribution in [0.5, 0.6) is 0 Å². The molecule has 1 atom stereocenters. The number of carbonyl (C=O) groups excluding carboxylic acids is 1. The Hall–Kier alpha value is -0.670. The first-order valence-electron chi connectivity index (χ1n) is 6.48. The largest absolute Gasteiger partial charge is 0.466 e. The molecule has 118 valence electrons. The first kappa shape index (κ1) is 17.4. The van der Waals surface area contributed by atoms with Crippen molar-refractivity contribution in [2.75, 3.05) is 37.5 Å². The van der Waals surface area contributed by atoms with Crippen molar-refractivity contribution in [1.29, 1.82) is 0 Å². The Morgan fingerprint density at radius 2 is 1.90 bits per heavy atom. The molecule has 0 N–H and O–H groups in total. The number of esters is 1. The number of hydrogen-bond acceptors (Lipinski definition) is 6. The van der Waals surface area contributed by atoms with Crippen LogP contribution in [0.3, 0.4) is 0 Å². The van der Waals surface area contributed by atoms with E-state index in [-0.39, 0.29) is 13.2 Å². The second kappa shape index (κ2) is 6.86. The Morgan fingerprint density at radius 3 is 2.45 bits per heavy atom. The van der Waals surface area contributed by atoms with Crippen LogP contribution in [0.2, 0.25) is 0 Å². The molecule has 0 aromatic rings. The molecule has 1 heterocycles. The maximum atomic E-state index is 12.1. The number of carbonyl (C=O) groups is 1. The van der Waals surface area contributed by atoms with Crippen LogP contribution in [-0.2, 0) is 29.4 Å². The third-order valence-corrected chi connectivity index (χ3v) is 6.15. The molecule has 0 unspecified atom stereocenters. The third-order valence-electron chi connectivity index (χ3n) is 3.11. The van der Waals surface area contributed by atoms with Crippen LogP contribution >= 0.6 is 0 Å². The lowest BCUT2D eigenvalue weighted by atomic mass is 10.0. The number of ether oxygens (including phenoxy) is 1. The zero-order valence-electron chi connectivity index (χ0n) is 11.7. The molecule has 1 fully saturated rings. The average Bonchev–Trinajstić information content (AvgIpc) is 2.36. The predicted octanol–water partition coefficient (Wildman–Crippen LogP) is -0.364. The molecule has 0 amide bonds. The highest BCUT2D eigenvalue weighted by atomic mass is 32.2. The van der Waals surface area contributed by atoms with Crippen molar-refractivity contribution in [1.82, 2.24) is 4.31 Å². The fourth-order valence-electron chi connectivity index (χ4n) is 2.03. The van der Waals surface area contributed by atoms with E-state index in [0.29, 0.717) is 19.4 Å². The van der Waals surface area contributed by atoms with Gasteiger partial charge in [0.2, 0.25) is 10.0 Å². The zero-order valence-corrected chi connectivity index (χ0v) is 13.4. The van der Waals surface area contributed by atoms with E-state index >= 15 is 0 Å². The van der Waals surface area contributed by atoms with Crippen LogP contribution in [0.25, 0.3) is 0 Å². The molecule has 1 rings (SSSR count). The number of hydrogen-bond donors (Lipinski definition) is 0. The number of piperidine rings is 1. The fraction of sp³-hybridized carbons (Fsp3) is 0.909. The van der Waals surface area contributed by atoms with E-state index in [1.54, 1.807) is 6.92 Å². The van der Waals surface area contributed by atoms with Crippen molar-refractivity contribution in [3.63, 3.8) is 0 Å². The molecule has 1 saturated heterocycles. The van der Waals surface area contributed by atoms with Crippen molar-refractivity contribution in [2.45, 2.75) is 19.8 Å². The first-order chi connectivity index (χ1) is 9.15. The molecule has 0 aromatic heterocycles. The van der Waals surface area contributed by atoms with Crippen molar-refractivity contribution >= 4 is 25.8 Å². The highest BCUT2D eigenvalue weighted by molar-refractivity contribution is 7.93. The topological polar surface area (TPSA) is 97.8 Å². The van der Waals surface area contributed by atoms with Gasteiger partial charge in [-0.3, -0.25) is 4.79 Å². The molecule has 0 bridgehead atoms. The van der Waals surface area contributed by atoms with E-state index in [0.717, 1.165) is 6.26 Å². The molecule has 7 nitrogen and oxygen atoms in total. The molecule has 0 aliphatic carbocycles. The highest BCUT2D eigenvalue weighted by Gasteiger charge is 2.33. The van der Waals surface area contributed by atoms with Gasteiger partial charge in [0.25, 0.3) is 0 Å². The van der Waals surface area contributed by atoms with E-state index in [1.807, 2.05) is 0 Å². The van der Waals surface area contributed by atoms with E-state index in [4.69, 9.17) is 4.74 Å². The van der Waals surface area contributed by atoms with Crippen molar-refractivity contribution < 1.29 is 26.4 Å². The molecule has 0 radical (unpaired) electrons. The summed E-state index contributed by atoms with van der Waals surface area (Å²) in [5, 5.41) is 0. The van der Waals surface area contributed by atoms with Gasteiger partial charge in [-0.1, -0.05) is 0 Å². The van der Waals surface area contributed by atoms with Crippen LogP contribution in [0.4, 0.5) is 0 Å². The van der Waals surface area contributed by atoms with Gasteiger partial charge in [0.05, 0.1) is 24.0 Å². The van der Waals surface area contributed by atoms with Gasteiger partial charge in [0, 0.05) is 19.3 Å². The van der Waals surface area contributed by atoms with Gasteiger partial charge in [-0.25, -0.2) is 21.1 Å². The van der Waals surface area contributed by atoms with Crippen molar-refractivity contribution in [3.8, 4) is 0 Å². The lowest BCUT2D eigenvalue weighted by molar-refractivity contribution is -0.149. The predicted molar refractivity (Wildman–Crippen MR) is 74.4 cm³/mol. The lowest BCUT2D eigenvalue weighted by Crippen LogP contribution is -2.44. The molecule has 0 saturated carbocycles. The number of rotatable bonds is 6. The van der Waals surface area contributed by atoms with Gasteiger partial charge in [-0.15, -0.1) is 0 Å². The van der Waals surface area contributed by atoms with Gasteiger partial charge in [-0.2, -0.15) is 0 Å². The first-order valence-corrected chi connectivity index (χ1v) is 10.1. The summed E-state index contributed by atoms with van der Waals surface area (Å²) in [7, 11) is -6.98. The molecule has 20 heavy (non-hydrogen) atoms. The zero-order chi connectivity index (χ0) is 15.4. The minimum absolute atomic E-state index is 0.0743. The minimum Gasteiger partial charge on any atom is -0.466 e. The summed E-state index contributed by atoms with van der Waals surface area (Å²) in [5.74, 6) is -1.70. The molecular weight excluding hydrogens is 306 g/mol. The van der Waals surface area contributed by atoms with Crippen LogP contribution in [0.15, 0.2) is 0 Å². The average molecular weight is 327 g/mol. The van der Waals surface area contributed by atoms with Crippen LogP contribution in [0.1, 0.15) is 19.8 Å². The summed E-state index contributed by atoms with van der Waals surface area (Å²) < 4.78 is 52.4. The minimum atomic E-state index is -3.65. The fourth-order valence-corrected chi connectivity index (χ4v) is 5.16. The summed E-state index contributed by atoms with van der Waals surface area (Å²) >= 11 is 0. The van der Waals surface area contributed by atoms with Gasteiger partial charge in [0.15, 0.2) is 0 Å². The summed E-state index contributed by atoms with van der Waals surface area (Å²) in [6.07, 6.45) is 2.17. The van der Waals surface area contributed by atoms with Crippen molar-refractivity contribution in [2.24, 2.45) is 5.92 Å². The van der Waals surface area contributed by atoms with Crippen LogP contribution < -0.4 is 0 Å². The van der Waals surface area contributed by atoms with Gasteiger partial charge in [0.1, 0.15) is 9.84 Å². The summed E-state index contributed by atoms with van der Waals surface area (Å²) in [5.41, 5.74) is 0.